The van der Waals surface area contributed by atoms with E-state index in [1.807, 2.05) is 23.5 Å². The van der Waals surface area contributed by atoms with Gasteiger partial charge in [0.25, 0.3) is 0 Å². The Morgan fingerprint density at radius 1 is 0.319 bits per heavy atom. The number of rotatable bonds is 3. The fourth-order valence-corrected chi connectivity index (χ4v) is 11.4. The molecule has 0 aliphatic rings. The molecule has 1 aromatic heterocycles. The lowest BCUT2D eigenvalue weighted by Crippen LogP contribution is -2.25. The quantitative estimate of drug-likeness (QED) is 0.140. The Morgan fingerprint density at radius 2 is 0.787 bits per heavy atom. The summed E-state index contributed by atoms with van der Waals surface area (Å²) in [5, 5.41) is 16.8. The van der Waals surface area contributed by atoms with Crippen LogP contribution < -0.4 is 15.9 Å². The van der Waals surface area contributed by atoms with E-state index in [1.165, 1.54) is 47.1 Å². The molecule has 0 aliphatic heterocycles. The fourth-order valence-electron chi connectivity index (χ4n) is 7.55. The lowest BCUT2D eigenvalue weighted by atomic mass is 9.93. The van der Waals surface area contributed by atoms with Crippen LogP contribution in [0.3, 0.4) is 0 Å². The lowest BCUT2D eigenvalue weighted by molar-refractivity contribution is 0.592. The van der Waals surface area contributed by atoms with E-state index in [9.17, 15) is 0 Å². The molecule has 0 spiro atoms. The Balaban J connectivity index is 1.29. The van der Waals surface area contributed by atoms with Crippen molar-refractivity contribution in [1.29, 1.82) is 0 Å². The van der Waals surface area contributed by atoms with Gasteiger partial charge in [-0.15, -0.1) is 11.3 Å². The monoisotopic (exact) mass is 634 g/mol. The molecular formula is C44H27OPS. The molecular weight excluding hydrogens is 608 g/mol. The molecule has 9 aromatic carbocycles. The van der Waals surface area contributed by atoms with E-state index < -0.39 is 7.14 Å². The van der Waals surface area contributed by atoms with Crippen molar-refractivity contribution < 1.29 is 4.57 Å². The van der Waals surface area contributed by atoms with Crippen LogP contribution in [-0.4, -0.2) is 0 Å². The first kappa shape index (κ1) is 26.9. The van der Waals surface area contributed by atoms with Crippen LogP contribution in [0.5, 0.6) is 0 Å². The Labute approximate surface area is 275 Å². The number of fused-ring (bicyclic) bond motifs is 11. The van der Waals surface area contributed by atoms with Gasteiger partial charge in [0.15, 0.2) is 7.14 Å². The van der Waals surface area contributed by atoms with Gasteiger partial charge >= 0.3 is 0 Å². The topological polar surface area (TPSA) is 17.1 Å². The minimum atomic E-state index is -3.28. The SMILES string of the molecule is O=P(c1ccc2ccccc2c1)(c1ccc2ccccc2c1)c1ccc2c(c1)c1ccccc1c1cc3c(cc21)sc1ccccc13. The molecule has 10 rings (SSSR count). The van der Waals surface area contributed by atoms with E-state index in [1.54, 1.807) is 0 Å². The molecule has 0 radical (unpaired) electrons. The van der Waals surface area contributed by atoms with Gasteiger partial charge in [0.1, 0.15) is 0 Å². The maximum Gasteiger partial charge on any atom is 0.171 e. The van der Waals surface area contributed by atoms with Gasteiger partial charge in [-0.1, -0.05) is 127 Å². The third-order valence-electron chi connectivity index (χ3n) is 9.87. The second kappa shape index (κ2) is 10.1. The van der Waals surface area contributed by atoms with E-state index in [4.69, 9.17) is 0 Å². The van der Waals surface area contributed by atoms with Gasteiger partial charge in [-0.3, -0.25) is 0 Å². The molecule has 0 saturated carbocycles. The van der Waals surface area contributed by atoms with Gasteiger partial charge in [0.05, 0.1) is 0 Å². The number of hydrogen-bond donors (Lipinski definition) is 0. The van der Waals surface area contributed by atoms with Crippen molar-refractivity contribution in [2.45, 2.75) is 0 Å². The van der Waals surface area contributed by atoms with E-state index in [0.29, 0.717) is 0 Å². The van der Waals surface area contributed by atoms with Crippen LogP contribution in [0, 0.1) is 0 Å². The van der Waals surface area contributed by atoms with Gasteiger partial charge in [-0.2, -0.15) is 0 Å². The summed E-state index contributed by atoms with van der Waals surface area (Å²) in [6, 6.07) is 58.0. The second-order valence-electron chi connectivity index (χ2n) is 12.4. The lowest BCUT2D eigenvalue weighted by Gasteiger charge is -2.22. The predicted octanol–water partition coefficient (Wildman–Crippen LogP) is 11.5. The zero-order valence-electron chi connectivity index (χ0n) is 25.4. The molecule has 0 aliphatic carbocycles. The summed E-state index contributed by atoms with van der Waals surface area (Å²) < 4.78 is 18.6. The van der Waals surface area contributed by atoms with E-state index >= 15 is 4.57 Å². The summed E-state index contributed by atoms with van der Waals surface area (Å²) in [4.78, 5) is 0. The molecule has 0 unspecified atom stereocenters. The van der Waals surface area contributed by atoms with Crippen molar-refractivity contribution in [1.82, 2.24) is 0 Å². The van der Waals surface area contributed by atoms with E-state index in [2.05, 4.69) is 152 Å². The molecule has 0 N–H and O–H groups in total. The molecule has 0 bridgehead atoms. The summed E-state index contributed by atoms with van der Waals surface area (Å²) in [7, 11) is -3.28. The first-order valence-corrected chi connectivity index (χ1v) is 18.5. The molecule has 0 saturated heterocycles. The van der Waals surface area contributed by atoms with Crippen molar-refractivity contribution >= 4 is 108 Å². The Kier molecular flexibility index (Phi) is 5.79. The van der Waals surface area contributed by atoms with Gasteiger partial charge < -0.3 is 4.57 Å². The highest BCUT2D eigenvalue weighted by Gasteiger charge is 2.31. The summed E-state index contributed by atoms with van der Waals surface area (Å²) in [6.45, 7) is 0. The average Bonchev–Trinajstić information content (AvgIpc) is 3.51. The van der Waals surface area contributed by atoms with Crippen LogP contribution >= 0.6 is 18.5 Å². The van der Waals surface area contributed by atoms with Crippen molar-refractivity contribution in [3.05, 3.63) is 164 Å². The van der Waals surface area contributed by atoms with Crippen LogP contribution in [0.1, 0.15) is 0 Å². The Hall–Kier alpha value is -5.27. The molecule has 47 heavy (non-hydrogen) atoms. The van der Waals surface area contributed by atoms with Crippen molar-refractivity contribution in [3.63, 3.8) is 0 Å². The van der Waals surface area contributed by atoms with Crippen molar-refractivity contribution in [3.8, 4) is 0 Å². The average molecular weight is 635 g/mol. The Bertz CT molecular complexity index is 2870. The minimum absolute atomic E-state index is 0.850. The molecule has 1 nitrogen and oxygen atoms in total. The maximum atomic E-state index is 16.0. The van der Waals surface area contributed by atoms with Crippen molar-refractivity contribution in [2.24, 2.45) is 0 Å². The number of benzene rings is 9. The third-order valence-corrected chi connectivity index (χ3v) is 14.0. The highest BCUT2D eigenvalue weighted by Crippen LogP contribution is 2.46. The largest absolute Gasteiger partial charge is 0.309 e. The highest BCUT2D eigenvalue weighted by atomic mass is 32.1. The molecule has 220 valence electrons. The first-order valence-electron chi connectivity index (χ1n) is 15.9. The van der Waals surface area contributed by atoms with Gasteiger partial charge in [0.2, 0.25) is 0 Å². The number of hydrogen-bond acceptors (Lipinski definition) is 2. The van der Waals surface area contributed by atoms with Gasteiger partial charge in [-0.05, 0) is 90.3 Å². The maximum absolute atomic E-state index is 16.0. The molecule has 0 fully saturated rings. The zero-order chi connectivity index (χ0) is 31.1. The van der Waals surface area contributed by atoms with Crippen LogP contribution in [0.15, 0.2) is 164 Å². The molecule has 0 amide bonds. The molecule has 1 heterocycles. The second-order valence-corrected chi connectivity index (χ2v) is 16.3. The van der Waals surface area contributed by atoms with Crippen LogP contribution in [0.2, 0.25) is 0 Å². The van der Waals surface area contributed by atoms with E-state index in [-0.39, 0.29) is 0 Å². The number of thiophene rings is 1. The summed E-state index contributed by atoms with van der Waals surface area (Å²) in [5.41, 5.74) is 0. The normalized spacial score (nSPS) is 12.3. The summed E-state index contributed by atoms with van der Waals surface area (Å²) in [5.74, 6) is 0. The van der Waals surface area contributed by atoms with Crippen LogP contribution in [0.4, 0.5) is 0 Å². The zero-order valence-corrected chi connectivity index (χ0v) is 27.1. The minimum Gasteiger partial charge on any atom is -0.309 e. The smallest absolute Gasteiger partial charge is 0.171 e. The highest BCUT2D eigenvalue weighted by molar-refractivity contribution is 7.85. The molecule has 0 atom stereocenters. The predicted molar refractivity (Wildman–Crippen MR) is 206 cm³/mol. The van der Waals surface area contributed by atoms with Gasteiger partial charge in [0, 0.05) is 36.1 Å². The standard InChI is InChI=1S/C44H27OPS/c45-46(32-19-17-28-9-1-3-11-30(28)23-32,33-20-18-29-10-2-4-12-31(29)24-33)34-21-22-37-39(25-34)35-13-5-6-14-36(35)40-26-42-38-15-7-8-16-43(38)47-44(42)27-41(37)40/h1-27H. The summed E-state index contributed by atoms with van der Waals surface area (Å²) >= 11 is 1.85. The van der Waals surface area contributed by atoms with E-state index in [0.717, 1.165) is 42.8 Å². The first-order chi connectivity index (χ1) is 23.1. The molecule has 3 heteroatoms. The van der Waals surface area contributed by atoms with Crippen molar-refractivity contribution in [2.75, 3.05) is 0 Å². The fraction of sp³-hybridized carbons (Fsp3) is 0. The van der Waals surface area contributed by atoms with Crippen LogP contribution in [-0.2, 0) is 4.57 Å². The third kappa shape index (κ3) is 3.99. The summed E-state index contributed by atoms with van der Waals surface area (Å²) in [6.07, 6.45) is 0. The van der Waals surface area contributed by atoms with Crippen LogP contribution in [0.25, 0.3) is 74.0 Å². The molecule has 10 aromatic rings. The van der Waals surface area contributed by atoms with Gasteiger partial charge in [-0.25, -0.2) is 0 Å². The Morgan fingerprint density at radius 3 is 1.45 bits per heavy atom.